The van der Waals surface area contributed by atoms with E-state index in [0.717, 1.165) is 25.1 Å². The van der Waals surface area contributed by atoms with Crippen molar-refractivity contribution in [2.45, 2.75) is 26.3 Å². The van der Waals surface area contributed by atoms with Crippen LogP contribution in [-0.4, -0.2) is 23.9 Å². The summed E-state index contributed by atoms with van der Waals surface area (Å²) in [5.41, 5.74) is 2.69. The number of anilines is 1. The van der Waals surface area contributed by atoms with E-state index in [1.54, 1.807) is 6.07 Å². The quantitative estimate of drug-likeness (QED) is 0.921. The Bertz CT molecular complexity index is 699. The number of amides is 1. The molecule has 3 rings (SSSR count). The van der Waals surface area contributed by atoms with Crippen molar-refractivity contribution in [1.29, 1.82) is 0 Å². The van der Waals surface area contributed by atoms with Crippen molar-refractivity contribution in [3.8, 4) is 0 Å². The monoisotopic (exact) mass is 326 g/mol. The molecule has 1 aliphatic rings. The molecule has 2 aromatic carbocycles. The number of hydrogen-bond acceptors (Lipinski definition) is 2. The van der Waals surface area contributed by atoms with Crippen LogP contribution in [0.1, 0.15) is 24.0 Å². The molecule has 0 aliphatic carbocycles. The fourth-order valence-corrected chi connectivity index (χ4v) is 3.16. The summed E-state index contributed by atoms with van der Waals surface area (Å²) < 4.78 is 13.8. The number of benzene rings is 2. The lowest BCUT2D eigenvalue weighted by Crippen LogP contribution is -2.40. The fraction of sp³-hybridized carbons (Fsp3) is 0.350. The second kappa shape index (κ2) is 7.58. The molecule has 1 heterocycles. The molecule has 3 nitrogen and oxygen atoms in total. The van der Waals surface area contributed by atoms with Crippen molar-refractivity contribution in [2.24, 2.45) is 5.92 Å². The Morgan fingerprint density at radius 1 is 1.21 bits per heavy atom. The van der Waals surface area contributed by atoms with E-state index in [9.17, 15) is 9.18 Å². The van der Waals surface area contributed by atoms with E-state index in [0.29, 0.717) is 18.7 Å². The summed E-state index contributed by atoms with van der Waals surface area (Å²) >= 11 is 0. The Labute approximate surface area is 142 Å². The molecule has 0 radical (unpaired) electrons. The number of carbonyl (C=O) groups is 1. The lowest BCUT2D eigenvalue weighted by molar-refractivity contribution is -0.121. The highest BCUT2D eigenvalue weighted by molar-refractivity contribution is 5.92. The van der Waals surface area contributed by atoms with Crippen molar-refractivity contribution < 1.29 is 9.18 Å². The molecule has 1 N–H and O–H groups in total. The number of hydrogen-bond donors (Lipinski definition) is 1. The Balaban J connectivity index is 1.59. The van der Waals surface area contributed by atoms with Crippen molar-refractivity contribution in [2.75, 3.05) is 18.4 Å². The number of halogens is 1. The largest absolute Gasteiger partial charge is 0.326 e. The summed E-state index contributed by atoms with van der Waals surface area (Å²) in [6, 6.07) is 14.7. The van der Waals surface area contributed by atoms with E-state index in [1.165, 1.54) is 11.6 Å². The van der Waals surface area contributed by atoms with Gasteiger partial charge in [-0.1, -0.05) is 35.9 Å². The van der Waals surface area contributed by atoms with E-state index in [2.05, 4.69) is 10.2 Å². The Morgan fingerprint density at radius 3 is 2.71 bits per heavy atom. The zero-order chi connectivity index (χ0) is 16.9. The van der Waals surface area contributed by atoms with Gasteiger partial charge < -0.3 is 5.32 Å². The van der Waals surface area contributed by atoms with Gasteiger partial charge in [0.2, 0.25) is 5.91 Å². The number of aryl methyl sites for hydroxylation is 1. The summed E-state index contributed by atoms with van der Waals surface area (Å²) in [5.74, 6) is -0.173. The van der Waals surface area contributed by atoms with Crippen LogP contribution in [0.3, 0.4) is 0 Å². The molecule has 1 aliphatic heterocycles. The Kier molecular flexibility index (Phi) is 5.26. The van der Waals surface area contributed by atoms with Crippen molar-refractivity contribution >= 4 is 11.6 Å². The van der Waals surface area contributed by atoms with E-state index in [4.69, 9.17) is 0 Å². The van der Waals surface area contributed by atoms with Gasteiger partial charge in [0.25, 0.3) is 0 Å². The molecule has 2 aromatic rings. The molecule has 1 amide bonds. The van der Waals surface area contributed by atoms with Gasteiger partial charge in [-0.25, -0.2) is 4.39 Å². The predicted octanol–water partition coefficient (Wildman–Crippen LogP) is 3.98. The maximum Gasteiger partial charge on any atom is 0.228 e. The number of rotatable bonds is 4. The minimum absolute atomic E-state index is 0.0492. The molecule has 0 saturated carbocycles. The van der Waals surface area contributed by atoms with Crippen molar-refractivity contribution in [1.82, 2.24) is 4.90 Å². The highest BCUT2D eigenvalue weighted by atomic mass is 19.1. The van der Waals surface area contributed by atoms with Gasteiger partial charge in [0.1, 0.15) is 5.82 Å². The number of nitrogens with zero attached hydrogens (tertiary/aromatic N) is 1. The fourth-order valence-electron chi connectivity index (χ4n) is 3.16. The van der Waals surface area contributed by atoms with Gasteiger partial charge in [-0.3, -0.25) is 9.69 Å². The third kappa shape index (κ3) is 4.20. The van der Waals surface area contributed by atoms with Gasteiger partial charge in [0.05, 0.1) is 5.92 Å². The molecule has 1 atom stereocenters. The number of carbonyl (C=O) groups excluding carboxylic acids is 1. The van der Waals surface area contributed by atoms with Gasteiger partial charge in [-0.05, 0) is 44.5 Å². The molecule has 24 heavy (non-hydrogen) atoms. The van der Waals surface area contributed by atoms with Crippen LogP contribution in [0.4, 0.5) is 10.1 Å². The van der Waals surface area contributed by atoms with Gasteiger partial charge >= 0.3 is 0 Å². The molecular weight excluding hydrogens is 303 g/mol. The number of likely N-dealkylation sites (tertiary alicyclic amines) is 1. The minimum atomic E-state index is -0.177. The Morgan fingerprint density at radius 2 is 1.96 bits per heavy atom. The highest BCUT2D eigenvalue weighted by Crippen LogP contribution is 2.21. The lowest BCUT2D eigenvalue weighted by Gasteiger charge is -2.32. The summed E-state index contributed by atoms with van der Waals surface area (Å²) in [7, 11) is 0. The first-order chi connectivity index (χ1) is 11.6. The summed E-state index contributed by atoms with van der Waals surface area (Å²) in [6.45, 7) is 4.16. The highest BCUT2D eigenvalue weighted by Gasteiger charge is 2.26. The molecule has 0 aromatic heterocycles. The van der Waals surface area contributed by atoms with Gasteiger partial charge in [-0.15, -0.1) is 0 Å². The van der Waals surface area contributed by atoms with Crippen LogP contribution in [0.25, 0.3) is 0 Å². The maximum atomic E-state index is 13.8. The van der Waals surface area contributed by atoms with Crippen molar-refractivity contribution in [3.05, 3.63) is 65.5 Å². The molecule has 4 heteroatoms. The molecule has 1 unspecified atom stereocenters. The molecule has 126 valence electrons. The van der Waals surface area contributed by atoms with E-state index in [1.807, 2.05) is 43.3 Å². The topological polar surface area (TPSA) is 32.3 Å². The van der Waals surface area contributed by atoms with E-state index in [-0.39, 0.29) is 17.6 Å². The first kappa shape index (κ1) is 16.7. The third-order valence-electron chi connectivity index (χ3n) is 4.55. The molecule has 1 fully saturated rings. The first-order valence-electron chi connectivity index (χ1n) is 8.45. The summed E-state index contributed by atoms with van der Waals surface area (Å²) in [6.07, 6.45) is 1.84. The average Bonchev–Trinajstić information content (AvgIpc) is 2.59. The molecular formula is C20H23FN2O. The van der Waals surface area contributed by atoms with Crippen LogP contribution in [0, 0.1) is 18.7 Å². The van der Waals surface area contributed by atoms with E-state index < -0.39 is 0 Å². The maximum absolute atomic E-state index is 13.8. The third-order valence-corrected chi connectivity index (χ3v) is 4.55. The zero-order valence-corrected chi connectivity index (χ0v) is 14.0. The normalized spacial score (nSPS) is 18.3. The molecule has 0 bridgehead atoms. The summed E-state index contributed by atoms with van der Waals surface area (Å²) in [4.78, 5) is 14.7. The zero-order valence-electron chi connectivity index (χ0n) is 14.0. The van der Waals surface area contributed by atoms with Crippen LogP contribution in [0.5, 0.6) is 0 Å². The van der Waals surface area contributed by atoms with Crippen LogP contribution >= 0.6 is 0 Å². The van der Waals surface area contributed by atoms with Gasteiger partial charge in [-0.2, -0.15) is 0 Å². The average molecular weight is 326 g/mol. The number of nitrogens with one attached hydrogen (secondary N) is 1. The van der Waals surface area contributed by atoms with Gasteiger partial charge in [0, 0.05) is 24.3 Å². The standard InChI is InChI=1S/C20H23FN2O/c1-15-8-10-18(11-9-15)22-20(24)17-6-4-12-23(14-17)13-16-5-2-3-7-19(16)21/h2-3,5,7-11,17H,4,6,12-14H2,1H3,(H,22,24). The molecule has 0 spiro atoms. The van der Waals surface area contributed by atoms with Crippen LogP contribution < -0.4 is 5.32 Å². The van der Waals surface area contributed by atoms with Crippen LogP contribution in [-0.2, 0) is 11.3 Å². The van der Waals surface area contributed by atoms with Crippen LogP contribution in [0.2, 0.25) is 0 Å². The minimum Gasteiger partial charge on any atom is -0.326 e. The van der Waals surface area contributed by atoms with Crippen molar-refractivity contribution in [3.63, 3.8) is 0 Å². The predicted molar refractivity (Wildman–Crippen MR) is 94.2 cm³/mol. The first-order valence-corrected chi connectivity index (χ1v) is 8.45. The molecule has 1 saturated heterocycles. The second-order valence-electron chi connectivity index (χ2n) is 6.52. The Hall–Kier alpha value is -2.20. The SMILES string of the molecule is Cc1ccc(NC(=O)C2CCCN(Cc3ccccc3F)C2)cc1. The van der Waals surface area contributed by atoms with E-state index >= 15 is 0 Å². The van der Waals surface area contributed by atoms with Gasteiger partial charge in [0.15, 0.2) is 0 Å². The van der Waals surface area contributed by atoms with Crippen LogP contribution in [0.15, 0.2) is 48.5 Å². The summed E-state index contributed by atoms with van der Waals surface area (Å²) in [5, 5.41) is 2.99. The number of piperidine rings is 1. The second-order valence-corrected chi connectivity index (χ2v) is 6.52. The lowest BCUT2D eigenvalue weighted by atomic mass is 9.96. The smallest absolute Gasteiger partial charge is 0.228 e.